The Balaban J connectivity index is 1.37. The summed E-state index contributed by atoms with van der Waals surface area (Å²) in [6.45, 7) is 3.81. The van der Waals surface area contributed by atoms with E-state index in [1.165, 1.54) is 18.1 Å². The van der Waals surface area contributed by atoms with Gasteiger partial charge in [0.25, 0.3) is 0 Å². The lowest BCUT2D eigenvalue weighted by Gasteiger charge is -2.55. The van der Waals surface area contributed by atoms with Gasteiger partial charge in [-0.25, -0.2) is 0 Å². The molecule has 0 bridgehead atoms. The monoisotopic (exact) mass is 739 g/mol. The number of amides is 2. The van der Waals surface area contributed by atoms with Crippen molar-refractivity contribution in [3.05, 3.63) is 148 Å². The van der Waals surface area contributed by atoms with E-state index in [9.17, 15) is 14.7 Å². The standard InChI is InChI=1S/C43H34BrNO6/c1-3-24-14-16-28(17-15-24)45-41(49)30-19-18-29-32(37(30)42(45)50)22-33-39(47)31(25-10-6-4-7-11-25)23-36(46)43(33,27-12-8-5-9-13-27)38(29)26-20-34(44)40(48)35(21-26)51-2/h3-18,20-21,23,30,32-33,37-38,48H,1,19,22H2,2H3. The van der Waals surface area contributed by atoms with Gasteiger partial charge in [-0.3, -0.25) is 24.1 Å². The van der Waals surface area contributed by atoms with Crippen LogP contribution in [0.15, 0.2) is 126 Å². The molecule has 1 saturated carbocycles. The van der Waals surface area contributed by atoms with Gasteiger partial charge in [-0.15, -0.1) is 0 Å². The Morgan fingerprint density at radius 1 is 0.902 bits per heavy atom. The van der Waals surface area contributed by atoms with Gasteiger partial charge in [0, 0.05) is 17.4 Å². The van der Waals surface area contributed by atoms with Crippen molar-refractivity contribution in [1.29, 1.82) is 0 Å². The number of phenols is 1. The summed E-state index contributed by atoms with van der Waals surface area (Å²) in [5, 5.41) is 10.9. The van der Waals surface area contributed by atoms with Crippen LogP contribution in [0, 0.1) is 23.7 Å². The second kappa shape index (κ2) is 12.5. The van der Waals surface area contributed by atoms with E-state index in [1.807, 2.05) is 78.9 Å². The lowest BCUT2D eigenvalue weighted by atomic mass is 9.44. The van der Waals surface area contributed by atoms with Crippen LogP contribution in [0.4, 0.5) is 5.69 Å². The fourth-order valence-corrected chi connectivity index (χ4v) is 9.64. The number of phenolic OH excluding ortho intramolecular Hbond substituents is 1. The second-order valence-electron chi connectivity index (χ2n) is 13.6. The van der Waals surface area contributed by atoms with Crippen LogP contribution in [0.3, 0.4) is 0 Å². The highest BCUT2D eigenvalue weighted by molar-refractivity contribution is 9.10. The van der Waals surface area contributed by atoms with Crippen molar-refractivity contribution in [3.63, 3.8) is 0 Å². The Kier molecular flexibility index (Phi) is 8.02. The Hall–Kier alpha value is -5.34. The third kappa shape index (κ3) is 4.83. The predicted octanol–water partition coefficient (Wildman–Crippen LogP) is 7.84. The van der Waals surface area contributed by atoms with Gasteiger partial charge >= 0.3 is 0 Å². The van der Waals surface area contributed by atoms with Crippen molar-refractivity contribution < 1.29 is 29.0 Å². The normalized spacial score (nSPS) is 26.9. The summed E-state index contributed by atoms with van der Waals surface area (Å²) in [7, 11) is 1.46. The molecule has 254 valence electrons. The first-order chi connectivity index (χ1) is 24.7. The zero-order valence-electron chi connectivity index (χ0n) is 27.8. The summed E-state index contributed by atoms with van der Waals surface area (Å²) in [5.74, 6) is -4.35. The number of carbonyl (C=O) groups is 4. The molecule has 1 N–H and O–H groups in total. The van der Waals surface area contributed by atoms with Gasteiger partial charge in [0.1, 0.15) is 0 Å². The molecule has 1 aliphatic heterocycles. The summed E-state index contributed by atoms with van der Waals surface area (Å²) < 4.78 is 5.96. The highest BCUT2D eigenvalue weighted by Crippen LogP contribution is 2.64. The number of ether oxygens (including phenoxy) is 1. The van der Waals surface area contributed by atoms with E-state index in [0.717, 1.165) is 11.1 Å². The third-order valence-corrected chi connectivity index (χ3v) is 12.0. The Bertz CT molecular complexity index is 2190. The van der Waals surface area contributed by atoms with Gasteiger partial charge in [0.2, 0.25) is 11.8 Å². The van der Waals surface area contributed by atoms with E-state index >= 15 is 9.59 Å². The molecule has 0 radical (unpaired) electrons. The number of allylic oxidation sites excluding steroid dienone is 4. The van der Waals surface area contributed by atoms with Crippen molar-refractivity contribution in [1.82, 2.24) is 0 Å². The first-order valence-electron chi connectivity index (χ1n) is 17.0. The molecule has 4 aromatic rings. The van der Waals surface area contributed by atoms with E-state index in [-0.39, 0.29) is 41.3 Å². The van der Waals surface area contributed by atoms with E-state index in [1.54, 1.807) is 30.3 Å². The minimum atomic E-state index is -1.39. The molecule has 2 amide bonds. The van der Waals surface area contributed by atoms with E-state index in [2.05, 4.69) is 22.5 Å². The van der Waals surface area contributed by atoms with Crippen LogP contribution in [-0.4, -0.2) is 35.6 Å². The van der Waals surface area contributed by atoms with Crippen molar-refractivity contribution in [2.75, 3.05) is 12.0 Å². The van der Waals surface area contributed by atoms with Gasteiger partial charge < -0.3 is 9.84 Å². The van der Waals surface area contributed by atoms with Crippen LogP contribution < -0.4 is 9.64 Å². The number of methoxy groups -OCH3 is 1. The van der Waals surface area contributed by atoms with Crippen LogP contribution in [-0.2, 0) is 24.6 Å². The Labute approximate surface area is 304 Å². The summed E-state index contributed by atoms with van der Waals surface area (Å²) in [5.41, 5.74) is 3.10. The average Bonchev–Trinajstić information content (AvgIpc) is 3.42. The second-order valence-corrected chi connectivity index (χ2v) is 14.5. The molecule has 4 aliphatic rings. The maximum absolute atomic E-state index is 15.2. The predicted molar refractivity (Wildman–Crippen MR) is 198 cm³/mol. The topological polar surface area (TPSA) is 101 Å². The lowest BCUT2D eigenvalue weighted by molar-refractivity contribution is -0.135. The first-order valence-corrected chi connectivity index (χ1v) is 17.8. The van der Waals surface area contributed by atoms with Gasteiger partial charge in [-0.2, -0.15) is 0 Å². The Morgan fingerprint density at radius 3 is 2.25 bits per heavy atom. The highest BCUT2D eigenvalue weighted by Gasteiger charge is 2.66. The summed E-state index contributed by atoms with van der Waals surface area (Å²) in [6.07, 6.45) is 5.72. The molecular weight excluding hydrogens is 706 g/mol. The quantitative estimate of drug-likeness (QED) is 0.160. The molecule has 8 heteroatoms. The maximum Gasteiger partial charge on any atom is 0.238 e. The number of hydrogen-bond acceptors (Lipinski definition) is 6. The zero-order valence-corrected chi connectivity index (χ0v) is 29.4. The number of nitrogens with zero attached hydrogens (tertiary/aromatic N) is 1. The molecule has 6 atom stereocenters. The number of aromatic hydroxyl groups is 1. The third-order valence-electron chi connectivity index (χ3n) is 11.4. The van der Waals surface area contributed by atoms with Gasteiger partial charge in [0.05, 0.1) is 34.5 Å². The van der Waals surface area contributed by atoms with E-state index in [4.69, 9.17) is 4.74 Å². The van der Waals surface area contributed by atoms with Crippen LogP contribution >= 0.6 is 15.9 Å². The molecule has 0 spiro atoms. The number of carbonyl (C=O) groups excluding carboxylic acids is 4. The maximum atomic E-state index is 15.2. The molecular formula is C43H34BrNO6. The van der Waals surface area contributed by atoms with E-state index < -0.39 is 35.0 Å². The molecule has 6 unspecified atom stereocenters. The molecule has 7 nitrogen and oxygen atoms in total. The van der Waals surface area contributed by atoms with Crippen LogP contribution in [0.5, 0.6) is 11.5 Å². The molecule has 2 fully saturated rings. The largest absolute Gasteiger partial charge is 0.503 e. The van der Waals surface area contributed by atoms with Crippen LogP contribution in [0.1, 0.15) is 41.0 Å². The summed E-state index contributed by atoms with van der Waals surface area (Å²) >= 11 is 3.50. The van der Waals surface area contributed by atoms with Crippen molar-refractivity contribution in [2.45, 2.75) is 24.2 Å². The minimum Gasteiger partial charge on any atom is -0.503 e. The molecule has 8 rings (SSSR count). The van der Waals surface area contributed by atoms with Gasteiger partial charge in [-0.1, -0.05) is 97.1 Å². The number of Topliss-reactive ketones (excluding diaryl/α,β-unsaturated/α-hetero) is 1. The number of hydrogen-bond donors (Lipinski definition) is 1. The number of anilines is 1. The molecule has 0 aromatic heterocycles. The fraction of sp³-hybridized carbons (Fsp3) is 0.209. The SMILES string of the molecule is C=Cc1ccc(N2C(=O)C3CC=C4C(CC5C(=O)C(c6ccccc6)=CC(=O)C5(c5ccccc5)C4c4cc(Br)c(O)c(OC)c4)C3C2=O)cc1. The fourth-order valence-electron chi connectivity index (χ4n) is 9.18. The molecule has 1 saturated heterocycles. The molecule has 3 aliphatic carbocycles. The Morgan fingerprint density at radius 2 is 1.59 bits per heavy atom. The summed E-state index contributed by atoms with van der Waals surface area (Å²) in [6, 6.07) is 29.2. The average molecular weight is 741 g/mol. The first kappa shape index (κ1) is 32.8. The number of benzene rings is 4. The highest BCUT2D eigenvalue weighted by atomic mass is 79.9. The van der Waals surface area contributed by atoms with Gasteiger partial charge in [0.15, 0.2) is 23.1 Å². The smallest absolute Gasteiger partial charge is 0.238 e. The number of ketones is 2. The van der Waals surface area contributed by atoms with Crippen molar-refractivity contribution in [3.8, 4) is 11.5 Å². The number of fused-ring (bicyclic) bond motifs is 4. The molecule has 51 heavy (non-hydrogen) atoms. The van der Waals surface area contributed by atoms with E-state index in [0.29, 0.717) is 38.8 Å². The lowest BCUT2D eigenvalue weighted by Crippen LogP contribution is -2.58. The molecule has 4 aromatic carbocycles. The van der Waals surface area contributed by atoms with Crippen LogP contribution in [0.2, 0.25) is 0 Å². The zero-order chi connectivity index (χ0) is 35.6. The van der Waals surface area contributed by atoms with Gasteiger partial charge in [-0.05, 0) is 87.3 Å². The summed E-state index contributed by atoms with van der Waals surface area (Å²) in [4.78, 5) is 60.2. The van der Waals surface area contributed by atoms with Crippen LogP contribution in [0.25, 0.3) is 11.6 Å². The number of rotatable bonds is 6. The van der Waals surface area contributed by atoms with Crippen molar-refractivity contribution in [2.24, 2.45) is 23.7 Å². The number of imide groups is 1. The number of halogens is 1. The molecule has 1 heterocycles. The minimum absolute atomic E-state index is 0.0939. The van der Waals surface area contributed by atoms with Crippen molar-refractivity contribution >= 4 is 56.6 Å².